The van der Waals surface area contributed by atoms with E-state index in [1.165, 1.54) is 0 Å². The summed E-state index contributed by atoms with van der Waals surface area (Å²) in [6.07, 6.45) is 2.34. The Morgan fingerprint density at radius 3 is 2.87 bits per heavy atom. The molecule has 4 nitrogen and oxygen atoms in total. The van der Waals surface area contributed by atoms with Gasteiger partial charge in [-0.1, -0.05) is 6.92 Å². The Morgan fingerprint density at radius 1 is 1.73 bits per heavy atom. The lowest BCUT2D eigenvalue weighted by Gasteiger charge is -2.13. The molecule has 1 saturated carbocycles. The molecular formula is C11H18N2O2. The predicted molar refractivity (Wildman–Crippen MR) is 56.7 cm³/mol. The average molecular weight is 210 g/mol. The van der Waals surface area contributed by atoms with E-state index in [0.717, 1.165) is 18.7 Å². The maximum Gasteiger partial charge on any atom is 0.162 e. The lowest BCUT2D eigenvalue weighted by atomic mass is 10.1. The van der Waals surface area contributed by atoms with E-state index >= 15 is 0 Å². The molecule has 1 aliphatic carbocycles. The fourth-order valence-corrected chi connectivity index (χ4v) is 2.08. The van der Waals surface area contributed by atoms with E-state index in [0.29, 0.717) is 17.6 Å². The van der Waals surface area contributed by atoms with E-state index in [4.69, 9.17) is 4.74 Å². The van der Waals surface area contributed by atoms with Gasteiger partial charge < -0.3 is 9.84 Å². The van der Waals surface area contributed by atoms with Crippen molar-refractivity contribution in [1.82, 2.24) is 9.78 Å². The second kappa shape index (κ2) is 3.85. The molecule has 84 valence electrons. The molecule has 1 aromatic rings. The van der Waals surface area contributed by atoms with E-state index < -0.39 is 6.10 Å². The number of methoxy groups -OCH3 is 1. The largest absolute Gasteiger partial charge is 0.493 e. The van der Waals surface area contributed by atoms with Crippen molar-refractivity contribution in [3.8, 4) is 5.75 Å². The molecule has 1 N–H and O–H groups in total. The summed E-state index contributed by atoms with van der Waals surface area (Å²) < 4.78 is 7.03. The number of hydrogen-bond donors (Lipinski definition) is 1. The first-order chi connectivity index (χ1) is 7.19. The minimum atomic E-state index is -0.433. The van der Waals surface area contributed by atoms with Gasteiger partial charge in [-0.25, -0.2) is 0 Å². The number of aliphatic hydroxyl groups is 1. The lowest BCUT2D eigenvalue weighted by Crippen LogP contribution is -2.11. The minimum absolute atomic E-state index is 0.376. The van der Waals surface area contributed by atoms with E-state index in [-0.39, 0.29) is 0 Å². The average Bonchev–Trinajstić information content (AvgIpc) is 2.83. The molecule has 1 heterocycles. The van der Waals surface area contributed by atoms with Crippen molar-refractivity contribution in [1.29, 1.82) is 0 Å². The summed E-state index contributed by atoms with van der Waals surface area (Å²) in [7, 11) is 1.61. The van der Waals surface area contributed by atoms with Crippen LogP contribution >= 0.6 is 0 Å². The first kappa shape index (κ1) is 10.5. The van der Waals surface area contributed by atoms with Gasteiger partial charge in [0.25, 0.3) is 0 Å². The summed E-state index contributed by atoms with van der Waals surface area (Å²) in [6.45, 7) is 4.93. The van der Waals surface area contributed by atoms with Crippen LogP contribution in [-0.2, 0) is 6.54 Å². The van der Waals surface area contributed by atoms with Crippen LogP contribution < -0.4 is 4.74 Å². The van der Waals surface area contributed by atoms with Gasteiger partial charge in [-0.3, -0.25) is 4.68 Å². The summed E-state index contributed by atoms with van der Waals surface area (Å²) in [5.41, 5.74) is 0.828. The normalized spacial score (nSPS) is 26.4. The highest BCUT2D eigenvalue weighted by Crippen LogP contribution is 2.48. The lowest BCUT2D eigenvalue weighted by molar-refractivity contribution is 0.134. The van der Waals surface area contributed by atoms with Crippen LogP contribution in [0, 0.1) is 11.8 Å². The summed E-state index contributed by atoms with van der Waals surface area (Å²) in [5.74, 6) is 1.69. The van der Waals surface area contributed by atoms with Crippen molar-refractivity contribution >= 4 is 0 Å². The van der Waals surface area contributed by atoms with Gasteiger partial charge in [-0.15, -0.1) is 0 Å². The van der Waals surface area contributed by atoms with Gasteiger partial charge >= 0.3 is 0 Å². The smallest absolute Gasteiger partial charge is 0.162 e. The molecule has 0 saturated heterocycles. The zero-order valence-electron chi connectivity index (χ0n) is 9.47. The van der Waals surface area contributed by atoms with Crippen LogP contribution in [0.3, 0.4) is 0 Å². The molecule has 0 bridgehead atoms. The third-order valence-electron chi connectivity index (χ3n) is 3.22. The molecule has 1 aromatic heterocycles. The van der Waals surface area contributed by atoms with E-state index in [1.54, 1.807) is 13.3 Å². The highest BCUT2D eigenvalue weighted by molar-refractivity contribution is 5.28. The minimum Gasteiger partial charge on any atom is -0.493 e. The Kier molecular flexibility index (Phi) is 2.69. The topological polar surface area (TPSA) is 47.3 Å². The van der Waals surface area contributed by atoms with Gasteiger partial charge in [0.05, 0.1) is 13.3 Å². The molecular weight excluding hydrogens is 192 g/mol. The molecule has 0 aliphatic heterocycles. The molecule has 15 heavy (non-hydrogen) atoms. The quantitative estimate of drug-likeness (QED) is 0.821. The number of hydrogen-bond acceptors (Lipinski definition) is 3. The number of ether oxygens (including phenoxy) is 1. The number of aryl methyl sites for hydroxylation is 1. The maximum absolute atomic E-state index is 10.2. The van der Waals surface area contributed by atoms with Crippen LogP contribution in [0.2, 0.25) is 0 Å². The molecule has 0 radical (unpaired) electrons. The van der Waals surface area contributed by atoms with Crippen molar-refractivity contribution in [2.75, 3.05) is 7.11 Å². The molecule has 3 unspecified atom stereocenters. The van der Waals surface area contributed by atoms with Crippen LogP contribution in [0.25, 0.3) is 0 Å². The van der Waals surface area contributed by atoms with Crippen molar-refractivity contribution in [3.05, 3.63) is 11.9 Å². The summed E-state index contributed by atoms with van der Waals surface area (Å²) >= 11 is 0. The Hall–Kier alpha value is -1.03. The summed E-state index contributed by atoms with van der Waals surface area (Å²) in [5, 5.41) is 14.4. The van der Waals surface area contributed by atoms with Crippen LogP contribution in [0.4, 0.5) is 0 Å². The number of aromatic nitrogens is 2. The molecule has 1 aliphatic rings. The van der Waals surface area contributed by atoms with E-state index in [9.17, 15) is 5.11 Å². The zero-order chi connectivity index (χ0) is 11.0. The molecule has 0 amide bonds. The first-order valence-corrected chi connectivity index (χ1v) is 5.46. The van der Waals surface area contributed by atoms with E-state index in [1.807, 2.05) is 11.6 Å². The Balaban J connectivity index is 2.27. The number of nitrogens with zero attached hydrogens (tertiary/aromatic N) is 2. The first-order valence-electron chi connectivity index (χ1n) is 5.46. The van der Waals surface area contributed by atoms with Crippen LogP contribution in [-0.4, -0.2) is 22.0 Å². The molecule has 0 aromatic carbocycles. The van der Waals surface area contributed by atoms with Gasteiger partial charge in [0.15, 0.2) is 5.75 Å². The summed E-state index contributed by atoms with van der Waals surface area (Å²) in [4.78, 5) is 0. The van der Waals surface area contributed by atoms with Crippen molar-refractivity contribution in [3.63, 3.8) is 0 Å². The molecule has 4 heteroatoms. The van der Waals surface area contributed by atoms with Gasteiger partial charge in [0.2, 0.25) is 0 Å². The molecule has 3 atom stereocenters. The van der Waals surface area contributed by atoms with Gasteiger partial charge in [-0.05, 0) is 25.2 Å². The van der Waals surface area contributed by atoms with Gasteiger partial charge in [-0.2, -0.15) is 5.10 Å². The molecule has 2 rings (SSSR count). The fourth-order valence-electron chi connectivity index (χ4n) is 2.08. The standard InChI is InChI=1S/C11H18N2O2/c1-4-13-10(9(15-3)6-12-13)11(14)8-5-7(8)2/h6-8,11,14H,4-5H2,1-3H3. The highest BCUT2D eigenvalue weighted by atomic mass is 16.5. The van der Waals surface area contributed by atoms with Crippen molar-refractivity contribution < 1.29 is 9.84 Å². The second-order valence-electron chi connectivity index (χ2n) is 4.24. The third kappa shape index (κ3) is 1.74. The Labute approximate surface area is 89.9 Å². The highest BCUT2D eigenvalue weighted by Gasteiger charge is 2.41. The van der Waals surface area contributed by atoms with Gasteiger partial charge in [0.1, 0.15) is 11.8 Å². The second-order valence-corrected chi connectivity index (χ2v) is 4.24. The predicted octanol–water partition coefficient (Wildman–Crippen LogP) is 1.60. The SMILES string of the molecule is CCn1ncc(OC)c1C(O)C1CC1C. The fraction of sp³-hybridized carbons (Fsp3) is 0.727. The third-order valence-corrected chi connectivity index (χ3v) is 3.22. The van der Waals surface area contributed by atoms with Crippen LogP contribution in [0.15, 0.2) is 6.20 Å². The zero-order valence-corrected chi connectivity index (χ0v) is 9.47. The Bertz CT molecular complexity index is 327. The Morgan fingerprint density at radius 2 is 2.40 bits per heavy atom. The van der Waals surface area contributed by atoms with E-state index in [2.05, 4.69) is 12.0 Å². The summed E-state index contributed by atoms with van der Waals surface area (Å²) in [6, 6.07) is 0. The number of aliphatic hydroxyl groups excluding tert-OH is 1. The maximum atomic E-state index is 10.2. The number of rotatable bonds is 4. The monoisotopic (exact) mass is 210 g/mol. The molecule has 0 spiro atoms. The molecule has 1 fully saturated rings. The van der Waals surface area contributed by atoms with Crippen molar-refractivity contribution in [2.24, 2.45) is 11.8 Å². The van der Waals surface area contributed by atoms with Crippen LogP contribution in [0.5, 0.6) is 5.75 Å². The van der Waals surface area contributed by atoms with Gasteiger partial charge in [0, 0.05) is 6.54 Å². The van der Waals surface area contributed by atoms with Crippen LogP contribution in [0.1, 0.15) is 32.1 Å². The van der Waals surface area contributed by atoms with Crippen molar-refractivity contribution in [2.45, 2.75) is 32.9 Å².